The van der Waals surface area contributed by atoms with E-state index < -0.39 is 0 Å². The summed E-state index contributed by atoms with van der Waals surface area (Å²) in [5.74, 6) is 0. The monoisotopic (exact) mass is 176 g/mol. The van der Waals surface area contributed by atoms with Gasteiger partial charge in [0.05, 0.1) is 0 Å². The van der Waals surface area contributed by atoms with Crippen molar-refractivity contribution in [2.24, 2.45) is 0 Å². The zero-order valence-corrected chi connectivity index (χ0v) is 6.31. The SMILES string of the molecule is [C]=O.[C]=O.[Mn][C]1=CC=CC1. The van der Waals surface area contributed by atoms with Crippen LogP contribution < -0.4 is 0 Å². The Hall–Kier alpha value is -0.661. The molecule has 0 heterocycles. The maximum absolute atomic E-state index is 7.50. The number of allylic oxidation sites excluding steroid dienone is 4. The van der Waals surface area contributed by atoms with Crippen LogP contribution in [0, 0.1) is 0 Å². The first-order valence-corrected chi connectivity index (χ1v) is 2.90. The fourth-order valence-corrected chi connectivity index (χ4v) is 0.674. The van der Waals surface area contributed by atoms with Gasteiger partial charge < -0.3 is 0 Å². The molecule has 0 aromatic heterocycles. The van der Waals surface area contributed by atoms with Crippen molar-refractivity contribution in [3.05, 3.63) is 22.7 Å². The Morgan fingerprint density at radius 2 is 1.80 bits per heavy atom. The molecule has 4 radical (unpaired) electrons. The van der Waals surface area contributed by atoms with Gasteiger partial charge in [0.2, 0.25) is 0 Å². The Kier molecular flexibility index (Phi) is 13.5. The Morgan fingerprint density at radius 3 is 1.90 bits per heavy atom. The van der Waals surface area contributed by atoms with Crippen LogP contribution in [0.1, 0.15) is 6.42 Å². The van der Waals surface area contributed by atoms with Gasteiger partial charge in [-0.1, -0.05) is 0 Å². The minimum atomic E-state index is 1.08. The summed E-state index contributed by atoms with van der Waals surface area (Å²) in [6.07, 6.45) is 7.30. The summed E-state index contributed by atoms with van der Waals surface area (Å²) in [5.41, 5.74) is 0. The summed E-state index contributed by atoms with van der Waals surface area (Å²) >= 11 is 3.34. The van der Waals surface area contributed by atoms with Gasteiger partial charge in [-0.2, -0.15) is 0 Å². The Morgan fingerprint density at radius 1 is 1.30 bits per heavy atom. The standard InChI is InChI=1S/C5H5.2CO.Mn/c1-2-4-5-3-1;2*1-2;/h1-3H,4H2;;;. The fourth-order valence-electron chi connectivity index (χ4n) is 0.421. The van der Waals surface area contributed by atoms with Crippen LogP contribution in [0.2, 0.25) is 0 Å². The van der Waals surface area contributed by atoms with E-state index in [4.69, 9.17) is 9.59 Å². The first kappa shape index (κ1) is 12.1. The summed E-state index contributed by atoms with van der Waals surface area (Å²) < 4.78 is 1.28. The second kappa shape index (κ2) is 11.2. The molecule has 1 aliphatic carbocycles. The third-order valence-corrected chi connectivity index (χ3v) is 1.16. The molecule has 0 aromatic rings. The van der Waals surface area contributed by atoms with Crippen LogP contribution in [0.3, 0.4) is 0 Å². The Labute approximate surface area is 68.8 Å². The van der Waals surface area contributed by atoms with Crippen LogP contribution in [0.15, 0.2) is 22.7 Å². The maximum atomic E-state index is 7.50. The van der Waals surface area contributed by atoms with Crippen molar-refractivity contribution in [2.75, 3.05) is 0 Å². The van der Waals surface area contributed by atoms with Gasteiger partial charge in [-0.3, -0.25) is 9.59 Å². The summed E-state index contributed by atoms with van der Waals surface area (Å²) in [6, 6.07) is 0. The van der Waals surface area contributed by atoms with E-state index in [2.05, 4.69) is 41.7 Å². The molecule has 1 rings (SSSR count). The molecule has 0 amide bonds. The summed E-state index contributed by atoms with van der Waals surface area (Å²) in [5, 5.41) is 0. The van der Waals surface area contributed by atoms with Crippen molar-refractivity contribution in [2.45, 2.75) is 6.42 Å². The predicted octanol–water partition coefficient (Wildman–Crippen LogP) is 0.583. The van der Waals surface area contributed by atoms with Crippen molar-refractivity contribution in [1.29, 1.82) is 0 Å². The molecule has 0 fully saturated rings. The van der Waals surface area contributed by atoms with Gasteiger partial charge >= 0.3 is 45.1 Å². The van der Waals surface area contributed by atoms with Crippen molar-refractivity contribution in [3.8, 4) is 0 Å². The van der Waals surface area contributed by atoms with E-state index >= 15 is 0 Å². The molecule has 0 N–H and O–H groups in total. The summed E-state index contributed by atoms with van der Waals surface area (Å²) in [4.78, 5) is 15.0. The van der Waals surface area contributed by atoms with Crippen LogP contribution in [-0.4, -0.2) is 13.6 Å². The van der Waals surface area contributed by atoms with Crippen molar-refractivity contribution in [3.63, 3.8) is 0 Å². The van der Waals surface area contributed by atoms with Gasteiger partial charge in [-0.15, -0.1) is 0 Å². The van der Waals surface area contributed by atoms with E-state index in [9.17, 15) is 0 Å². The molecule has 10 heavy (non-hydrogen) atoms. The zero-order chi connectivity index (χ0) is 8.41. The van der Waals surface area contributed by atoms with Gasteiger partial charge in [0, 0.05) is 0 Å². The van der Waals surface area contributed by atoms with E-state index in [0.29, 0.717) is 0 Å². The van der Waals surface area contributed by atoms with E-state index in [-0.39, 0.29) is 0 Å². The molecule has 0 atom stereocenters. The third-order valence-electron chi connectivity index (χ3n) is 0.726. The van der Waals surface area contributed by atoms with E-state index in [1.54, 1.807) is 0 Å². The van der Waals surface area contributed by atoms with Crippen molar-refractivity contribution >= 4 is 13.6 Å². The number of hydrogen-bond acceptors (Lipinski definition) is 2. The van der Waals surface area contributed by atoms with Crippen LogP contribution in [0.4, 0.5) is 0 Å². The average Bonchev–Trinajstić information content (AvgIpc) is 2.48. The van der Waals surface area contributed by atoms with E-state index in [1.807, 2.05) is 6.08 Å². The van der Waals surface area contributed by atoms with Crippen LogP contribution in [-0.2, 0) is 25.6 Å². The molecule has 0 aliphatic heterocycles. The first-order chi connectivity index (χ1) is 4.89. The van der Waals surface area contributed by atoms with Gasteiger partial charge in [0.1, 0.15) is 0 Å². The second-order valence-electron chi connectivity index (χ2n) is 1.25. The fraction of sp³-hybridized carbons (Fsp3) is 0.143. The van der Waals surface area contributed by atoms with E-state index in [0.717, 1.165) is 6.42 Å². The zero-order valence-electron chi connectivity index (χ0n) is 5.13. The molecule has 1 aliphatic rings. The molecule has 52 valence electrons. The van der Waals surface area contributed by atoms with Gasteiger partial charge in [0.25, 0.3) is 13.6 Å². The molecule has 0 saturated carbocycles. The Bertz CT molecular complexity index is 128. The summed E-state index contributed by atoms with van der Waals surface area (Å²) in [7, 11) is 0. The number of rotatable bonds is 0. The van der Waals surface area contributed by atoms with Gasteiger partial charge in [-0.05, 0) is 0 Å². The molecule has 0 spiro atoms. The summed E-state index contributed by atoms with van der Waals surface area (Å²) in [6.45, 7) is 9.00. The third kappa shape index (κ3) is 7.34. The normalized spacial score (nSPS) is 11.9. The Balaban J connectivity index is 0. The predicted molar refractivity (Wildman–Crippen MR) is 33.2 cm³/mol. The topological polar surface area (TPSA) is 34.1 Å². The van der Waals surface area contributed by atoms with E-state index in [1.165, 1.54) is 4.47 Å². The van der Waals surface area contributed by atoms with Crippen LogP contribution in [0.5, 0.6) is 0 Å². The molecule has 0 saturated heterocycles. The molecule has 0 unspecified atom stereocenters. The number of carbonyl (C=O) groups excluding carboxylic acids is 2. The molecule has 3 heteroatoms. The van der Waals surface area contributed by atoms with Crippen molar-refractivity contribution < 1.29 is 25.6 Å². The first-order valence-electron chi connectivity index (χ1n) is 2.31. The van der Waals surface area contributed by atoms with Crippen LogP contribution >= 0.6 is 0 Å². The number of hydrogen-bond donors (Lipinski definition) is 0. The molecular weight excluding hydrogens is 171 g/mol. The molecule has 0 bridgehead atoms. The minimum absolute atomic E-state index is 1.08. The quantitative estimate of drug-likeness (QED) is 0.506. The second-order valence-corrected chi connectivity index (χ2v) is 2.00. The molecule has 2 nitrogen and oxygen atoms in total. The van der Waals surface area contributed by atoms with Gasteiger partial charge in [-0.25, -0.2) is 0 Å². The molecule has 0 aromatic carbocycles. The van der Waals surface area contributed by atoms with Crippen molar-refractivity contribution in [1.82, 2.24) is 0 Å². The van der Waals surface area contributed by atoms with Crippen LogP contribution in [0.25, 0.3) is 0 Å². The van der Waals surface area contributed by atoms with Gasteiger partial charge in [0.15, 0.2) is 0 Å². The average molecular weight is 176 g/mol. The molecular formula is C7H5MnO2.